The van der Waals surface area contributed by atoms with Gasteiger partial charge >= 0.3 is 5.97 Å². The normalized spacial score (nSPS) is 14.9. The van der Waals surface area contributed by atoms with Crippen LogP contribution in [0.1, 0.15) is 35.6 Å². The van der Waals surface area contributed by atoms with Crippen LogP contribution < -0.4 is 23.7 Å². The Hall–Kier alpha value is -3.91. The van der Waals surface area contributed by atoms with Crippen molar-refractivity contribution in [3.63, 3.8) is 0 Å². The Morgan fingerprint density at radius 2 is 1.39 bits per heavy atom. The van der Waals surface area contributed by atoms with E-state index >= 15 is 0 Å². The van der Waals surface area contributed by atoms with E-state index in [0.29, 0.717) is 61.3 Å². The molecule has 1 fully saturated rings. The Morgan fingerprint density at radius 1 is 0.816 bits per heavy atom. The molecule has 8 nitrogen and oxygen atoms in total. The highest BCUT2D eigenvalue weighted by atomic mass is 16.5. The summed E-state index contributed by atoms with van der Waals surface area (Å²) in [6.07, 6.45) is 1.15. The van der Waals surface area contributed by atoms with Crippen molar-refractivity contribution in [2.24, 2.45) is 5.92 Å². The van der Waals surface area contributed by atoms with Crippen LogP contribution in [0.25, 0.3) is 0 Å². The molecule has 0 spiro atoms. The maximum absolute atomic E-state index is 11.6. The van der Waals surface area contributed by atoms with Crippen LogP contribution in [0.5, 0.6) is 28.7 Å². The second kappa shape index (κ2) is 12.6. The molecule has 4 rings (SSSR count). The number of nitrogens with zero attached hydrogens (tertiary/aromatic N) is 1. The number of ether oxygens (including phenoxy) is 5. The molecule has 38 heavy (non-hydrogen) atoms. The minimum atomic E-state index is -0.740. The molecule has 0 amide bonds. The van der Waals surface area contributed by atoms with Crippen molar-refractivity contribution in [1.29, 1.82) is 0 Å². The SMILES string of the molecule is COc1ccc(C(c2cc(OC)c(OCc3ccccc3)c(OC)c2)N2CCC(C(=O)O)CC2)cc1OC. The predicted molar refractivity (Wildman–Crippen MR) is 144 cm³/mol. The standard InChI is InChI=1S/C30H35NO7/c1-34-24-11-10-22(16-25(24)35-2)28(31-14-12-21(13-15-31)30(32)33)23-17-26(36-3)29(27(18-23)37-4)38-19-20-8-6-5-7-9-20/h5-11,16-18,21,28H,12-15,19H2,1-4H3,(H,32,33). The molecule has 0 saturated carbocycles. The van der Waals surface area contributed by atoms with E-state index in [1.54, 1.807) is 28.4 Å². The number of carbonyl (C=O) groups is 1. The molecule has 0 bridgehead atoms. The van der Waals surface area contributed by atoms with Gasteiger partial charge in [0.15, 0.2) is 23.0 Å². The summed E-state index contributed by atoms with van der Waals surface area (Å²) >= 11 is 0. The van der Waals surface area contributed by atoms with E-state index in [2.05, 4.69) is 4.90 Å². The van der Waals surface area contributed by atoms with Crippen LogP contribution >= 0.6 is 0 Å². The highest BCUT2D eigenvalue weighted by Gasteiger charge is 2.32. The van der Waals surface area contributed by atoms with Crippen LogP contribution in [0.15, 0.2) is 60.7 Å². The third kappa shape index (κ3) is 5.97. The first kappa shape index (κ1) is 27.1. The van der Waals surface area contributed by atoms with Crippen LogP contribution in [0.2, 0.25) is 0 Å². The Kier molecular flexibility index (Phi) is 8.97. The fourth-order valence-electron chi connectivity index (χ4n) is 4.97. The highest BCUT2D eigenvalue weighted by molar-refractivity contribution is 5.70. The van der Waals surface area contributed by atoms with Crippen LogP contribution in [-0.4, -0.2) is 57.5 Å². The van der Waals surface area contributed by atoms with Gasteiger partial charge in [-0.1, -0.05) is 36.4 Å². The van der Waals surface area contributed by atoms with E-state index in [1.807, 2.05) is 60.7 Å². The number of carboxylic acids is 1. The summed E-state index contributed by atoms with van der Waals surface area (Å²) in [5.74, 6) is 1.82. The van der Waals surface area contributed by atoms with Gasteiger partial charge in [-0.15, -0.1) is 0 Å². The van der Waals surface area contributed by atoms with Gasteiger partial charge in [0.2, 0.25) is 5.75 Å². The molecule has 202 valence electrons. The molecule has 3 aromatic rings. The summed E-state index contributed by atoms with van der Waals surface area (Å²) in [5.41, 5.74) is 2.95. The number of methoxy groups -OCH3 is 4. The molecule has 8 heteroatoms. The Balaban J connectivity index is 1.74. The van der Waals surface area contributed by atoms with Crippen molar-refractivity contribution in [1.82, 2.24) is 4.90 Å². The van der Waals surface area contributed by atoms with Crippen molar-refractivity contribution < 1.29 is 33.6 Å². The lowest BCUT2D eigenvalue weighted by Crippen LogP contribution is -2.39. The predicted octanol–water partition coefficient (Wildman–Crippen LogP) is 5.19. The molecule has 0 aromatic heterocycles. The topological polar surface area (TPSA) is 86.7 Å². The van der Waals surface area contributed by atoms with E-state index in [4.69, 9.17) is 23.7 Å². The van der Waals surface area contributed by atoms with Crippen molar-refractivity contribution in [3.8, 4) is 28.7 Å². The molecular weight excluding hydrogens is 486 g/mol. The van der Waals surface area contributed by atoms with Crippen LogP contribution in [0, 0.1) is 5.92 Å². The molecule has 1 unspecified atom stereocenters. The number of benzene rings is 3. The summed E-state index contributed by atoms with van der Waals surface area (Å²) in [4.78, 5) is 13.9. The number of piperidine rings is 1. The van der Waals surface area contributed by atoms with Gasteiger partial charge in [-0.25, -0.2) is 0 Å². The van der Waals surface area contributed by atoms with Crippen LogP contribution in [-0.2, 0) is 11.4 Å². The fourth-order valence-corrected chi connectivity index (χ4v) is 4.97. The van der Waals surface area contributed by atoms with E-state index in [0.717, 1.165) is 16.7 Å². The number of hydrogen-bond donors (Lipinski definition) is 1. The molecule has 0 aliphatic carbocycles. The molecule has 1 heterocycles. The van der Waals surface area contributed by atoms with Crippen molar-refractivity contribution in [2.45, 2.75) is 25.5 Å². The average molecular weight is 522 g/mol. The van der Waals surface area contributed by atoms with Gasteiger partial charge in [0, 0.05) is 0 Å². The number of rotatable bonds is 11. The minimum absolute atomic E-state index is 0.199. The highest BCUT2D eigenvalue weighted by Crippen LogP contribution is 2.44. The average Bonchev–Trinajstić information content (AvgIpc) is 2.96. The van der Waals surface area contributed by atoms with Crippen LogP contribution in [0.3, 0.4) is 0 Å². The van der Waals surface area contributed by atoms with E-state index in [9.17, 15) is 9.90 Å². The van der Waals surface area contributed by atoms with Crippen molar-refractivity contribution >= 4 is 5.97 Å². The fraction of sp³-hybridized carbons (Fsp3) is 0.367. The number of hydrogen-bond acceptors (Lipinski definition) is 7. The van der Waals surface area contributed by atoms with Gasteiger partial charge in [-0.3, -0.25) is 9.69 Å². The number of aliphatic carboxylic acids is 1. The summed E-state index contributed by atoms with van der Waals surface area (Å²) < 4.78 is 28.8. The van der Waals surface area contributed by atoms with Gasteiger partial charge in [-0.05, 0) is 66.9 Å². The smallest absolute Gasteiger partial charge is 0.306 e. The lowest BCUT2D eigenvalue weighted by Gasteiger charge is -2.37. The first-order valence-electron chi connectivity index (χ1n) is 12.6. The second-order valence-corrected chi connectivity index (χ2v) is 9.19. The van der Waals surface area contributed by atoms with Gasteiger partial charge < -0.3 is 28.8 Å². The summed E-state index contributed by atoms with van der Waals surface area (Å²) in [6.45, 7) is 1.63. The molecule has 1 atom stereocenters. The Morgan fingerprint density at radius 3 is 1.95 bits per heavy atom. The summed E-state index contributed by atoms with van der Waals surface area (Å²) in [5, 5.41) is 9.53. The zero-order chi connectivity index (χ0) is 27.1. The monoisotopic (exact) mass is 521 g/mol. The summed E-state index contributed by atoms with van der Waals surface area (Å²) in [6, 6.07) is 19.5. The third-order valence-corrected chi connectivity index (χ3v) is 6.99. The van der Waals surface area contributed by atoms with Crippen molar-refractivity contribution in [2.75, 3.05) is 41.5 Å². The molecule has 3 aromatic carbocycles. The molecule has 1 aliphatic rings. The summed E-state index contributed by atoms with van der Waals surface area (Å²) in [7, 11) is 6.44. The van der Waals surface area contributed by atoms with E-state index < -0.39 is 5.97 Å². The van der Waals surface area contributed by atoms with E-state index in [-0.39, 0.29) is 12.0 Å². The third-order valence-electron chi connectivity index (χ3n) is 6.99. The maximum Gasteiger partial charge on any atom is 0.306 e. The maximum atomic E-state index is 11.6. The molecular formula is C30H35NO7. The second-order valence-electron chi connectivity index (χ2n) is 9.19. The first-order chi connectivity index (χ1) is 18.5. The quantitative estimate of drug-likeness (QED) is 0.369. The molecule has 1 aliphatic heterocycles. The van der Waals surface area contributed by atoms with Gasteiger partial charge in [-0.2, -0.15) is 0 Å². The molecule has 1 saturated heterocycles. The lowest BCUT2D eigenvalue weighted by molar-refractivity contribution is -0.143. The first-order valence-corrected chi connectivity index (χ1v) is 12.6. The molecule has 1 N–H and O–H groups in total. The zero-order valence-electron chi connectivity index (χ0n) is 22.3. The largest absolute Gasteiger partial charge is 0.493 e. The van der Waals surface area contributed by atoms with Crippen LogP contribution in [0.4, 0.5) is 0 Å². The molecule has 0 radical (unpaired) electrons. The van der Waals surface area contributed by atoms with Gasteiger partial charge in [0.1, 0.15) is 6.61 Å². The minimum Gasteiger partial charge on any atom is -0.493 e. The van der Waals surface area contributed by atoms with E-state index in [1.165, 1.54) is 0 Å². The van der Waals surface area contributed by atoms with Crippen molar-refractivity contribution in [3.05, 3.63) is 77.4 Å². The van der Waals surface area contributed by atoms with Gasteiger partial charge in [0.05, 0.1) is 40.4 Å². The van der Waals surface area contributed by atoms with Gasteiger partial charge in [0.25, 0.3) is 0 Å². The lowest BCUT2D eigenvalue weighted by atomic mass is 9.91. The number of carboxylic acid groups (broad SMARTS) is 1. The number of likely N-dealkylation sites (tertiary alicyclic amines) is 1. The Bertz CT molecular complexity index is 1200. The Labute approximate surface area is 223 Å². The zero-order valence-corrected chi connectivity index (χ0v) is 22.3.